The van der Waals surface area contributed by atoms with Crippen molar-refractivity contribution in [1.82, 2.24) is 0 Å². The topological polar surface area (TPSA) is 20.2 Å². The van der Waals surface area contributed by atoms with Crippen molar-refractivity contribution in [3.8, 4) is 0 Å². The Labute approximate surface area is 126 Å². The van der Waals surface area contributed by atoms with Crippen LogP contribution in [-0.4, -0.2) is 11.2 Å². The molecule has 5 rings (SSSR count). The first-order valence-electron chi connectivity index (χ1n) is 8.47. The fraction of sp³-hybridized carbons (Fsp3) is 0.500. The van der Waals surface area contributed by atoms with Gasteiger partial charge in [0.2, 0.25) is 0 Å². The monoisotopic (exact) mass is 278 g/mol. The minimum atomic E-state index is -0.130. The largest absolute Gasteiger partial charge is 0.392 e. The minimum absolute atomic E-state index is 0.130. The lowest BCUT2D eigenvalue weighted by molar-refractivity contribution is 0.129. The first-order chi connectivity index (χ1) is 10.3. The van der Waals surface area contributed by atoms with Gasteiger partial charge in [-0.05, 0) is 71.6 Å². The Hall–Kier alpha value is -1.34. The van der Waals surface area contributed by atoms with E-state index in [-0.39, 0.29) is 6.10 Å². The highest BCUT2D eigenvalue weighted by Crippen LogP contribution is 2.70. The lowest BCUT2D eigenvalue weighted by Gasteiger charge is -2.16. The summed E-state index contributed by atoms with van der Waals surface area (Å²) in [6.45, 7) is 0. The van der Waals surface area contributed by atoms with E-state index in [0.717, 1.165) is 30.1 Å². The van der Waals surface area contributed by atoms with Crippen LogP contribution in [0.5, 0.6) is 0 Å². The maximum absolute atomic E-state index is 10.8. The van der Waals surface area contributed by atoms with Crippen LogP contribution in [-0.2, 0) is 6.42 Å². The number of aliphatic hydroxyl groups excluding tert-OH is 1. The van der Waals surface area contributed by atoms with Gasteiger partial charge in [-0.1, -0.05) is 42.5 Å². The minimum Gasteiger partial charge on any atom is -0.392 e. The van der Waals surface area contributed by atoms with E-state index in [1.807, 2.05) is 0 Å². The van der Waals surface area contributed by atoms with Crippen molar-refractivity contribution < 1.29 is 5.11 Å². The van der Waals surface area contributed by atoms with Gasteiger partial charge in [-0.3, -0.25) is 0 Å². The molecular weight excluding hydrogens is 256 g/mol. The molecule has 0 spiro atoms. The molecule has 1 N–H and O–H groups in total. The number of aliphatic hydroxyl groups is 1. The maximum atomic E-state index is 10.8. The molecule has 2 aromatic rings. The Morgan fingerprint density at radius 1 is 0.952 bits per heavy atom. The third-order valence-corrected chi connectivity index (χ3v) is 6.55. The lowest BCUT2D eigenvalue weighted by atomic mass is 9.93. The van der Waals surface area contributed by atoms with Crippen LogP contribution in [0, 0.1) is 29.6 Å². The SMILES string of the molecule is OC(Cc1cccc2ccccc12)C1C2C3CCC(C3)C12. The molecule has 5 atom stereocenters. The molecule has 3 saturated carbocycles. The van der Waals surface area contributed by atoms with Crippen molar-refractivity contribution in [2.24, 2.45) is 29.6 Å². The van der Waals surface area contributed by atoms with E-state index >= 15 is 0 Å². The van der Waals surface area contributed by atoms with Gasteiger partial charge in [-0.2, -0.15) is 0 Å². The molecule has 21 heavy (non-hydrogen) atoms. The second-order valence-electron chi connectivity index (χ2n) is 7.48. The highest BCUT2D eigenvalue weighted by Gasteiger charge is 2.66. The van der Waals surface area contributed by atoms with E-state index in [1.54, 1.807) is 0 Å². The van der Waals surface area contributed by atoms with Crippen molar-refractivity contribution in [3.63, 3.8) is 0 Å². The Bertz CT molecular complexity index is 670. The Balaban J connectivity index is 1.40. The molecule has 3 aliphatic rings. The van der Waals surface area contributed by atoms with Crippen LogP contribution in [0.15, 0.2) is 42.5 Å². The van der Waals surface area contributed by atoms with E-state index in [1.165, 1.54) is 35.6 Å². The summed E-state index contributed by atoms with van der Waals surface area (Å²) in [6, 6.07) is 15.0. The van der Waals surface area contributed by atoms with E-state index in [2.05, 4.69) is 42.5 Å². The summed E-state index contributed by atoms with van der Waals surface area (Å²) in [7, 11) is 0. The highest BCUT2D eigenvalue weighted by molar-refractivity contribution is 5.85. The molecule has 1 nitrogen and oxygen atoms in total. The third kappa shape index (κ3) is 1.73. The summed E-state index contributed by atoms with van der Waals surface area (Å²) in [4.78, 5) is 0. The van der Waals surface area contributed by atoms with Gasteiger partial charge >= 0.3 is 0 Å². The smallest absolute Gasteiger partial charge is 0.0614 e. The summed E-state index contributed by atoms with van der Waals surface area (Å²) in [5.41, 5.74) is 1.32. The van der Waals surface area contributed by atoms with Gasteiger partial charge in [0.1, 0.15) is 0 Å². The predicted molar refractivity (Wildman–Crippen MR) is 85.0 cm³/mol. The zero-order chi connectivity index (χ0) is 14.0. The van der Waals surface area contributed by atoms with Gasteiger partial charge in [-0.15, -0.1) is 0 Å². The van der Waals surface area contributed by atoms with E-state index in [0.29, 0.717) is 5.92 Å². The summed E-state index contributed by atoms with van der Waals surface area (Å²) in [5, 5.41) is 13.4. The van der Waals surface area contributed by atoms with Crippen molar-refractivity contribution in [2.45, 2.75) is 31.8 Å². The van der Waals surface area contributed by atoms with Gasteiger partial charge in [0.05, 0.1) is 6.10 Å². The third-order valence-electron chi connectivity index (χ3n) is 6.55. The summed E-state index contributed by atoms with van der Waals surface area (Å²) >= 11 is 0. The zero-order valence-corrected chi connectivity index (χ0v) is 12.3. The zero-order valence-electron chi connectivity index (χ0n) is 12.3. The quantitative estimate of drug-likeness (QED) is 0.898. The normalized spacial score (nSPS) is 37.7. The summed E-state index contributed by atoms with van der Waals surface area (Å²) in [5.74, 6) is 4.25. The molecule has 108 valence electrons. The average molecular weight is 278 g/mol. The van der Waals surface area contributed by atoms with Crippen LogP contribution >= 0.6 is 0 Å². The molecule has 2 bridgehead atoms. The van der Waals surface area contributed by atoms with Crippen LogP contribution in [0.3, 0.4) is 0 Å². The van der Waals surface area contributed by atoms with Gasteiger partial charge in [0.15, 0.2) is 0 Å². The van der Waals surface area contributed by atoms with E-state index in [4.69, 9.17) is 0 Å². The number of fused-ring (bicyclic) bond motifs is 6. The van der Waals surface area contributed by atoms with Crippen molar-refractivity contribution >= 4 is 10.8 Å². The molecule has 0 heterocycles. The van der Waals surface area contributed by atoms with Crippen molar-refractivity contribution in [3.05, 3.63) is 48.0 Å². The van der Waals surface area contributed by atoms with Crippen molar-refractivity contribution in [2.75, 3.05) is 0 Å². The van der Waals surface area contributed by atoms with E-state index < -0.39 is 0 Å². The number of hydrogen-bond donors (Lipinski definition) is 1. The van der Waals surface area contributed by atoms with Gasteiger partial charge in [0, 0.05) is 0 Å². The molecule has 0 saturated heterocycles. The Morgan fingerprint density at radius 3 is 2.48 bits per heavy atom. The second kappa shape index (κ2) is 4.33. The first-order valence-corrected chi connectivity index (χ1v) is 8.47. The first kappa shape index (κ1) is 12.2. The molecule has 2 aromatic carbocycles. The molecule has 3 fully saturated rings. The Morgan fingerprint density at radius 2 is 1.67 bits per heavy atom. The molecule has 1 heteroatoms. The highest BCUT2D eigenvalue weighted by atomic mass is 16.3. The van der Waals surface area contributed by atoms with Crippen LogP contribution in [0.2, 0.25) is 0 Å². The van der Waals surface area contributed by atoms with Crippen molar-refractivity contribution in [1.29, 1.82) is 0 Å². The summed E-state index contributed by atoms with van der Waals surface area (Å²) in [6.07, 6.45) is 5.03. The number of hydrogen-bond acceptors (Lipinski definition) is 1. The van der Waals surface area contributed by atoms with Gasteiger partial charge < -0.3 is 5.11 Å². The Kier molecular flexibility index (Phi) is 2.52. The molecule has 5 unspecified atom stereocenters. The number of rotatable bonds is 3. The maximum Gasteiger partial charge on any atom is 0.0614 e. The van der Waals surface area contributed by atoms with Crippen LogP contribution in [0.4, 0.5) is 0 Å². The standard InChI is InChI=1S/C20H22O/c21-17(20-18-14-8-9-15(10-14)19(18)20)11-13-6-3-5-12-4-1-2-7-16(12)13/h1-7,14-15,17-21H,8-11H2. The van der Waals surface area contributed by atoms with Crippen LogP contribution in [0.1, 0.15) is 24.8 Å². The molecule has 3 aliphatic carbocycles. The average Bonchev–Trinajstić information content (AvgIpc) is 2.96. The molecule has 0 aliphatic heterocycles. The van der Waals surface area contributed by atoms with Gasteiger partial charge in [0.25, 0.3) is 0 Å². The molecule has 0 aromatic heterocycles. The van der Waals surface area contributed by atoms with Crippen LogP contribution < -0.4 is 0 Å². The molecular formula is C20H22O. The van der Waals surface area contributed by atoms with Gasteiger partial charge in [-0.25, -0.2) is 0 Å². The predicted octanol–water partition coefficient (Wildman–Crippen LogP) is 4.04. The van der Waals surface area contributed by atoms with Crippen LogP contribution in [0.25, 0.3) is 10.8 Å². The second-order valence-corrected chi connectivity index (χ2v) is 7.48. The summed E-state index contributed by atoms with van der Waals surface area (Å²) < 4.78 is 0. The fourth-order valence-corrected chi connectivity index (χ4v) is 5.74. The molecule has 0 radical (unpaired) electrons. The molecule has 0 amide bonds. The van der Waals surface area contributed by atoms with E-state index in [9.17, 15) is 5.11 Å². The lowest BCUT2D eigenvalue weighted by Crippen LogP contribution is -2.18. The number of benzene rings is 2. The fourth-order valence-electron chi connectivity index (χ4n) is 5.74.